The number of rotatable bonds is 4. The van der Waals surface area contributed by atoms with Gasteiger partial charge in [-0.3, -0.25) is 14.8 Å². The molecular weight excluding hydrogens is 330 g/mol. The summed E-state index contributed by atoms with van der Waals surface area (Å²) in [6, 6.07) is 15.4. The first-order valence-electron chi connectivity index (χ1n) is 7.91. The van der Waals surface area contributed by atoms with Crippen molar-refractivity contribution in [2.75, 3.05) is 0 Å². The molecule has 0 saturated heterocycles. The van der Waals surface area contributed by atoms with E-state index in [9.17, 15) is 4.79 Å². The van der Waals surface area contributed by atoms with Crippen molar-refractivity contribution in [1.29, 1.82) is 0 Å². The summed E-state index contributed by atoms with van der Waals surface area (Å²) in [5.74, 6) is -0.0925. The van der Waals surface area contributed by atoms with Crippen molar-refractivity contribution in [1.82, 2.24) is 15.3 Å². The van der Waals surface area contributed by atoms with Gasteiger partial charge in [0.1, 0.15) is 0 Å². The third-order valence-electron chi connectivity index (χ3n) is 4.00. The van der Waals surface area contributed by atoms with Gasteiger partial charge in [-0.15, -0.1) is 11.3 Å². The van der Waals surface area contributed by atoms with Crippen LogP contribution in [-0.4, -0.2) is 15.9 Å². The van der Waals surface area contributed by atoms with Gasteiger partial charge in [0, 0.05) is 46.3 Å². The molecule has 3 heterocycles. The molecule has 0 aliphatic rings. The highest BCUT2D eigenvalue weighted by Crippen LogP contribution is 2.29. The van der Waals surface area contributed by atoms with E-state index in [0.29, 0.717) is 12.1 Å². The number of hydrogen-bond acceptors (Lipinski definition) is 4. The lowest BCUT2D eigenvalue weighted by atomic mass is 10.1. The van der Waals surface area contributed by atoms with Gasteiger partial charge in [0.2, 0.25) is 0 Å². The van der Waals surface area contributed by atoms with Crippen LogP contribution in [0, 0.1) is 0 Å². The van der Waals surface area contributed by atoms with Crippen LogP contribution in [0.5, 0.6) is 0 Å². The lowest BCUT2D eigenvalue weighted by molar-refractivity contribution is 0.0951. The summed E-state index contributed by atoms with van der Waals surface area (Å²) in [6.07, 6.45) is 5.26. The molecule has 0 atom stereocenters. The summed E-state index contributed by atoms with van der Waals surface area (Å²) in [5, 5.41) is 6.13. The van der Waals surface area contributed by atoms with Gasteiger partial charge in [-0.05, 0) is 47.3 Å². The molecule has 0 fully saturated rings. The quantitative estimate of drug-likeness (QED) is 0.600. The van der Waals surface area contributed by atoms with Gasteiger partial charge in [-0.2, -0.15) is 0 Å². The van der Waals surface area contributed by atoms with Gasteiger partial charge in [0.25, 0.3) is 5.91 Å². The fraction of sp³-hybridized carbons (Fsp3) is 0.0500. The maximum atomic E-state index is 12.3. The van der Waals surface area contributed by atoms with E-state index in [1.54, 1.807) is 23.7 Å². The van der Waals surface area contributed by atoms with Crippen molar-refractivity contribution in [2.45, 2.75) is 6.54 Å². The van der Waals surface area contributed by atoms with Crippen molar-refractivity contribution in [3.05, 3.63) is 83.6 Å². The van der Waals surface area contributed by atoms with Gasteiger partial charge in [0.15, 0.2) is 0 Å². The van der Waals surface area contributed by atoms with E-state index in [-0.39, 0.29) is 5.91 Å². The third kappa shape index (κ3) is 3.27. The van der Waals surface area contributed by atoms with Crippen LogP contribution in [0.1, 0.15) is 15.9 Å². The Bertz CT molecular complexity index is 1010. The molecule has 122 valence electrons. The first kappa shape index (κ1) is 15.5. The van der Waals surface area contributed by atoms with Crippen molar-refractivity contribution in [3.8, 4) is 11.3 Å². The summed E-state index contributed by atoms with van der Waals surface area (Å²) < 4.78 is 1.21. The van der Waals surface area contributed by atoms with Crippen LogP contribution in [0.4, 0.5) is 0 Å². The number of fused-ring (bicyclic) bond motifs is 1. The number of aromatic nitrogens is 2. The number of hydrogen-bond donors (Lipinski definition) is 1. The molecule has 1 amide bonds. The van der Waals surface area contributed by atoms with E-state index in [1.165, 1.54) is 4.70 Å². The van der Waals surface area contributed by atoms with Crippen LogP contribution >= 0.6 is 11.3 Å². The van der Waals surface area contributed by atoms with E-state index in [4.69, 9.17) is 0 Å². The van der Waals surface area contributed by atoms with E-state index in [2.05, 4.69) is 26.7 Å². The Balaban J connectivity index is 1.52. The van der Waals surface area contributed by atoms with Crippen molar-refractivity contribution >= 4 is 27.3 Å². The molecule has 0 radical (unpaired) electrons. The topological polar surface area (TPSA) is 54.9 Å². The number of pyridine rings is 2. The second-order valence-electron chi connectivity index (χ2n) is 5.61. The summed E-state index contributed by atoms with van der Waals surface area (Å²) in [4.78, 5) is 20.8. The summed E-state index contributed by atoms with van der Waals surface area (Å²) in [6.45, 7) is 0.485. The first-order valence-corrected chi connectivity index (χ1v) is 8.79. The number of amides is 1. The van der Waals surface area contributed by atoms with Crippen molar-refractivity contribution in [3.63, 3.8) is 0 Å². The highest BCUT2D eigenvalue weighted by molar-refractivity contribution is 7.17. The molecule has 25 heavy (non-hydrogen) atoms. The smallest absolute Gasteiger partial charge is 0.251 e. The Hall–Kier alpha value is -3.05. The minimum atomic E-state index is -0.0925. The number of benzene rings is 1. The van der Waals surface area contributed by atoms with Crippen LogP contribution in [0.3, 0.4) is 0 Å². The lowest BCUT2D eigenvalue weighted by Crippen LogP contribution is -2.22. The minimum absolute atomic E-state index is 0.0925. The highest BCUT2D eigenvalue weighted by Gasteiger charge is 2.09. The zero-order chi connectivity index (χ0) is 17.1. The van der Waals surface area contributed by atoms with Gasteiger partial charge in [-0.25, -0.2) is 0 Å². The third-order valence-corrected chi connectivity index (χ3v) is 4.88. The normalized spacial score (nSPS) is 10.7. The van der Waals surface area contributed by atoms with E-state index in [1.807, 2.05) is 48.7 Å². The number of carbonyl (C=O) groups excluding carboxylic acids is 1. The molecule has 4 aromatic rings. The number of nitrogens with one attached hydrogen (secondary N) is 1. The van der Waals surface area contributed by atoms with Gasteiger partial charge < -0.3 is 5.32 Å². The molecule has 4 nitrogen and oxygen atoms in total. The Morgan fingerprint density at radius 2 is 1.76 bits per heavy atom. The predicted molar refractivity (Wildman–Crippen MR) is 100 cm³/mol. The first-order chi connectivity index (χ1) is 12.3. The average molecular weight is 345 g/mol. The number of nitrogens with zero attached hydrogens (tertiary/aromatic N) is 2. The Morgan fingerprint density at radius 3 is 2.56 bits per heavy atom. The van der Waals surface area contributed by atoms with E-state index in [0.717, 1.165) is 22.2 Å². The predicted octanol–water partition coefficient (Wildman–Crippen LogP) is 4.29. The van der Waals surface area contributed by atoms with Gasteiger partial charge in [-0.1, -0.05) is 12.1 Å². The monoisotopic (exact) mass is 345 g/mol. The minimum Gasteiger partial charge on any atom is -0.348 e. The largest absolute Gasteiger partial charge is 0.348 e. The molecule has 0 aliphatic heterocycles. The molecule has 0 aliphatic carbocycles. The lowest BCUT2D eigenvalue weighted by Gasteiger charge is -2.07. The van der Waals surface area contributed by atoms with Crippen molar-refractivity contribution < 1.29 is 4.79 Å². The second-order valence-corrected chi connectivity index (χ2v) is 6.56. The fourth-order valence-electron chi connectivity index (χ4n) is 2.69. The van der Waals surface area contributed by atoms with Crippen molar-refractivity contribution in [2.24, 2.45) is 0 Å². The summed E-state index contributed by atoms with van der Waals surface area (Å²) >= 11 is 1.70. The molecular formula is C20H15N3OS. The summed E-state index contributed by atoms with van der Waals surface area (Å²) in [5.41, 5.74) is 3.61. The van der Waals surface area contributed by atoms with Crippen LogP contribution < -0.4 is 5.32 Å². The standard InChI is InChI=1S/C20H15N3OS/c24-20(23-13-14-5-9-21-10-6-14)16-3-1-15(2-4-16)19-17-8-12-25-18(17)7-11-22-19/h1-12H,13H2,(H,23,24). The van der Waals surface area contributed by atoms with Gasteiger partial charge >= 0.3 is 0 Å². The molecule has 0 saturated carbocycles. The number of carbonyl (C=O) groups is 1. The highest BCUT2D eigenvalue weighted by atomic mass is 32.1. The molecule has 4 rings (SSSR count). The van der Waals surface area contributed by atoms with Crippen LogP contribution in [0.2, 0.25) is 0 Å². The van der Waals surface area contributed by atoms with E-state index < -0.39 is 0 Å². The Labute approximate surface area is 149 Å². The van der Waals surface area contributed by atoms with Crippen LogP contribution in [0.15, 0.2) is 72.5 Å². The maximum Gasteiger partial charge on any atom is 0.251 e. The number of thiophene rings is 1. The summed E-state index contributed by atoms with van der Waals surface area (Å²) in [7, 11) is 0. The zero-order valence-electron chi connectivity index (χ0n) is 13.3. The van der Waals surface area contributed by atoms with Crippen LogP contribution in [0.25, 0.3) is 21.3 Å². The van der Waals surface area contributed by atoms with Gasteiger partial charge in [0.05, 0.1) is 5.69 Å². The zero-order valence-corrected chi connectivity index (χ0v) is 14.2. The molecule has 3 aromatic heterocycles. The molecule has 0 bridgehead atoms. The van der Waals surface area contributed by atoms with E-state index >= 15 is 0 Å². The SMILES string of the molecule is O=C(NCc1ccncc1)c1ccc(-c2nccc3sccc23)cc1. The molecule has 1 N–H and O–H groups in total. The molecule has 1 aromatic carbocycles. The Morgan fingerprint density at radius 1 is 0.960 bits per heavy atom. The Kier molecular flexibility index (Phi) is 4.23. The molecule has 0 unspecified atom stereocenters. The maximum absolute atomic E-state index is 12.3. The second kappa shape index (κ2) is 6.83. The van der Waals surface area contributed by atoms with Crippen LogP contribution in [-0.2, 0) is 6.54 Å². The molecule has 0 spiro atoms. The average Bonchev–Trinajstić information content (AvgIpc) is 3.16. The molecule has 5 heteroatoms. The fourth-order valence-corrected chi connectivity index (χ4v) is 3.47.